The molecular weight excluding hydrogens is 585 g/mol. The third-order valence-corrected chi connectivity index (χ3v) is 7.76. The summed E-state index contributed by atoms with van der Waals surface area (Å²) in [5.74, 6) is -0.0126. The average Bonchev–Trinajstić information content (AvgIpc) is 3.03. The molecule has 11 heteroatoms. The molecule has 0 unspecified atom stereocenters. The van der Waals surface area contributed by atoms with Crippen LogP contribution in [0.25, 0.3) is 11.1 Å². The topological polar surface area (TPSA) is 138 Å². The van der Waals surface area contributed by atoms with Crippen molar-refractivity contribution in [3.63, 3.8) is 0 Å². The second-order valence-corrected chi connectivity index (χ2v) is 12.2. The van der Waals surface area contributed by atoms with Crippen molar-refractivity contribution in [1.29, 1.82) is 0 Å². The number of ether oxygens (including phenoxy) is 3. The first-order valence-corrected chi connectivity index (χ1v) is 15.6. The van der Waals surface area contributed by atoms with Crippen molar-refractivity contribution in [1.82, 2.24) is 10.6 Å². The van der Waals surface area contributed by atoms with Gasteiger partial charge in [0.25, 0.3) is 0 Å². The van der Waals surface area contributed by atoms with Crippen molar-refractivity contribution < 1.29 is 33.8 Å². The van der Waals surface area contributed by atoms with Gasteiger partial charge in [0.15, 0.2) is 11.5 Å². The Bertz CT molecular complexity index is 1390. The van der Waals surface area contributed by atoms with Crippen molar-refractivity contribution in [3.05, 3.63) is 72.3 Å². The first kappa shape index (κ1) is 36.3. The molecule has 3 atom stereocenters. The van der Waals surface area contributed by atoms with E-state index in [0.717, 1.165) is 22.4 Å². The lowest BCUT2D eigenvalue weighted by Gasteiger charge is -2.27. The second-order valence-electron chi connectivity index (χ2n) is 12.2. The highest BCUT2D eigenvalue weighted by Crippen LogP contribution is 2.38. The van der Waals surface area contributed by atoms with Crippen LogP contribution < -0.4 is 30.2 Å². The number of nitrogens with one attached hydrogen (secondary N) is 3. The number of hydrogen-bond acceptors (Lipinski definition) is 8. The van der Waals surface area contributed by atoms with Crippen LogP contribution in [0.2, 0.25) is 0 Å². The van der Waals surface area contributed by atoms with Crippen LogP contribution in [-0.4, -0.2) is 68.3 Å². The fourth-order valence-corrected chi connectivity index (χ4v) is 5.28. The lowest BCUT2D eigenvalue weighted by Crippen LogP contribution is -2.51. The predicted molar refractivity (Wildman–Crippen MR) is 182 cm³/mol. The van der Waals surface area contributed by atoms with Gasteiger partial charge in [0.2, 0.25) is 17.6 Å². The highest BCUT2D eigenvalue weighted by atomic mass is 16.5. The van der Waals surface area contributed by atoms with Gasteiger partial charge < -0.3 is 40.2 Å². The summed E-state index contributed by atoms with van der Waals surface area (Å²) in [6.45, 7) is 7.73. The lowest BCUT2D eigenvalue weighted by molar-refractivity contribution is -0.124. The van der Waals surface area contributed by atoms with E-state index < -0.39 is 25.1 Å². The molecule has 0 radical (unpaired) electrons. The van der Waals surface area contributed by atoms with Gasteiger partial charge in [0.1, 0.15) is 6.04 Å². The van der Waals surface area contributed by atoms with Gasteiger partial charge in [0, 0.05) is 24.6 Å². The Morgan fingerprint density at radius 1 is 0.804 bits per heavy atom. The van der Waals surface area contributed by atoms with E-state index in [0.29, 0.717) is 23.7 Å². The number of benzene rings is 3. The van der Waals surface area contributed by atoms with Crippen LogP contribution in [0, 0.1) is 11.8 Å². The molecule has 2 amide bonds. The molecule has 3 aromatic carbocycles. The van der Waals surface area contributed by atoms with Gasteiger partial charge in [-0.05, 0) is 59.2 Å². The first-order valence-electron chi connectivity index (χ1n) is 15.6. The van der Waals surface area contributed by atoms with Gasteiger partial charge in [-0.1, -0.05) is 70.2 Å². The number of hydrogen-bond donors (Lipinski definition) is 5. The summed E-state index contributed by atoms with van der Waals surface area (Å²) < 4.78 is 16.6. The predicted octanol–water partition coefficient (Wildman–Crippen LogP) is 4.48. The van der Waals surface area contributed by atoms with Crippen LogP contribution in [0.3, 0.4) is 0 Å². The summed E-state index contributed by atoms with van der Waals surface area (Å²) in [6, 6.07) is 20.2. The first-order chi connectivity index (χ1) is 21.9. The maximum Gasteiger partial charge on any atom is 0.475 e. The summed E-state index contributed by atoms with van der Waals surface area (Å²) in [5.41, 5.74) is 3.57. The third-order valence-electron chi connectivity index (χ3n) is 7.76. The standard InChI is InChI=1S/C35H48BN3O7/c1-22(2)16-32(36(42)43)39-33(40)21-28(23(3)4)38-35(41)29(17-24-18-30(44-5)34(46-7)31(19-24)45-6)37-27-15-11-14-26(20-27)25-12-9-8-10-13-25/h8-15,18-20,22-23,28-29,32,37,42-43H,16-17,21H2,1-7H3,(H,38,41)(H,39,40)/t28-,29-,32+/m0/s1. The minimum absolute atomic E-state index is 0.0227. The lowest BCUT2D eigenvalue weighted by atomic mass is 9.75. The number of methoxy groups -OCH3 is 3. The van der Waals surface area contributed by atoms with Gasteiger partial charge in [0.05, 0.1) is 27.3 Å². The van der Waals surface area contributed by atoms with Crippen LogP contribution in [-0.2, 0) is 16.0 Å². The molecule has 0 saturated carbocycles. The van der Waals surface area contributed by atoms with Crippen LogP contribution in [0.15, 0.2) is 66.7 Å². The smallest absolute Gasteiger partial charge is 0.475 e. The molecule has 0 aromatic heterocycles. The maximum absolute atomic E-state index is 14.0. The van der Waals surface area contributed by atoms with E-state index in [2.05, 4.69) is 16.0 Å². The maximum atomic E-state index is 14.0. The van der Waals surface area contributed by atoms with Crippen molar-refractivity contribution >= 4 is 24.6 Å². The molecule has 0 aliphatic rings. The minimum Gasteiger partial charge on any atom is -0.493 e. The summed E-state index contributed by atoms with van der Waals surface area (Å²) >= 11 is 0. The zero-order valence-electron chi connectivity index (χ0n) is 27.9. The van der Waals surface area contributed by atoms with E-state index >= 15 is 0 Å². The number of amides is 2. The molecule has 5 N–H and O–H groups in total. The van der Waals surface area contributed by atoms with Crippen LogP contribution >= 0.6 is 0 Å². The van der Waals surface area contributed by atoms with Gasteiger partial charge in [-0.2, -0.15) is 0 Å². The molecule has 0 spiro atoms. The number of carbonyl (C=O) groups is 2. The second kappa shape index (κ2) is 17.5. The Balaban J connectivity index is 1.90. The molecule has 3 aromatic rings. The summed E-state index contributed by atoms with van der Waals surface area (Å²) in [5, 5.41) is 28.8. The van der Waals surface area contributed by atoms with Crippen LogP contribution in [0.5, 0.6) is 17.2 Å². The zero-order valence-corrected chi connectivity index (χ0v) is 27.9. The van der Waals surface area contributed by atoms with E-state index in [1.807, 2.05) is 94.4 Å². The van der Waals surface area contributed by atoms with Crippen LogP contribution in [0.1, 0.15) is 46.1 Å². The largest absolute Gasteiger partial charge is 0.493 e. The van der Waals surface area contributed by atoms with Gasteiger partial charge in [-0.3, -0.25) is 9.59 Å². The Hall–Kier alpha value is -4.22. The third kappa shape index (κ3) is 10.4. The van der Waals surface area contributed by atoms with E-state index in [4.69, 9.17) is 14.2 Å². The normalized spacial score (nSPS) is 13.0. The SMILES string of the molecule is COc1cc(C[C@H](Nc2cccc(-c3ccccc3)c2)C(=O)N[C@@H](CC(=O)N[C@H](CC(C)C)B(O)O)C(C)C)cc(OC)c1OC. The van der Waals surface area contributed by atoms with Crippen molar-refractivity contribution in [2.75, 3.05) is 26.6 Å². The molecule has 0 aliphatic heterocycles. The fourth-order valence-electron chi connectivity index (χ4n) is 5.28. The number of anilines is 1. The Kier molecular flexibility index (Phi) is 13.8. The average molecular weight is 634 g/mol. The molecule has 0 saturated heterocycles. The molecular formula is C35H48BN3O7. The molecule has 0 aliphatic carbocycles. The quantitative estimate of drug-likeness (QED) is 0.137. The molecule has 0 heterocycles. The Labute approximate surface area is 273 Å². The molecule has 0 fully saturated rings. The minimum atomic E-state index is -1.68. The van der Waals surface area contributed by atoms with E-state index in [1.165, 1.54) is 7.11 Å². The van der Waals surface area contributed by atoms with E-state index in [9.17, 15) is 19.6 Å². The Morgan fingerprint density at radius 2 is 1.43 bits per heavy atom. The molecule has 248 valence electrons. The van der Waals surface area contributed by atoms with E-state index in [1.54, 1.807) is 14.2 Å². The number of rotatable bonds is 17. The molecule has 3 rings (SSSR count). The molecule has 46 heavy (non-hydrogen) atoms. The summed E-state index contributed by atoms with van der Waals surface area (Å²) in [7, 11) is 2.93. The zero-order chi connectivity index (χ0) is 33.8. The van der Waals surface area contributed by atoms with Crippen molar-refractivity contribution in [2.24, 2.45) is 11.8 Å². The van der Waals surface area contributed by atoms with E-state index in [-0.39, 0.29) is 36.5 Å². The van der Waals surface area contributed by atoms with Crippen LogP contribution in [0.4, 0.5) is 5.69 Å². The van der Waals surface area contributed by atoms with Crippen molar-refractivity contribution in [3.8, 4) is 28.4 Å². The highest BCUT2D eigenvalue weighted by Gasteiger charge is 2.30. The summed E-state index contributed by atoms with van der Waals surface area (Å²) in [4.78, 5) is 27.1. The van der Waals surface area contributed by atoms with Crippen molar-refractivity contribution in [2.45, 2.75) is 65.0 Å². The number of carbonyl (C=O) groups excluding carboxylic acids is 2. The molecule has 0 bridgehead atoms. The monoisotopic (exact) mass is 633 g/mol. The van der Waals surface area contributed by atoms with Gasteiger partial charge in [-0.25, -0.2) is 0 Å². The van der Waals surface area contributed by atoms with Gasteiger partial charge in [-0.15, -0.1) is 0 Å². The fraction of sp³-hybridized carbons (Fsp3) is 0.429. The van der Waals surface area contributed by atoms with Gasteiger partial charge >= 0.3 is 7.12 Å². The molecule has 10 nitrogen and oxygen atoms in total. The highest BCUT2D eigenvalue weighted by molar-refractivity contribution is 6.43. The Morgan fingerprint density at radius 3 is 1.98 bits per heavy atom. The summed E-state index contributed by atoms with van der Waals surface area (Å²) in [6.07, 6.45) is 0.651.